The minimum absolute atomic E-state index is 0.134. The van der Waals surface area contributed by atoms with Crippen LogP contribution in [0.3, 0.4) is 0 Å². The fourth-order valence-corrected chi connectivity index (χ4v) is 2.70. The molecule has 1 aliphatic heterocycles. The Hall–Kier alpha value is -2.50. The van der Waals surface area contributed by atoms with E-state index in [1.54, 1.807) is 32.0 Å². The lowest BCUT2D eigenvalue weighted by molar-refractivity contribution is 0.0314. The van der Waals surface area contributed by atoms with Gasteiger partial charge in [-0.15, -0.1) is 0 Å². The van der Waals surface area contributed by atoms with Crippen LogP contribution in [0.1, 0.15) is 29.9 Å². The number of hydrogen-bond acceptors (Lipinski definition) is 5. The number of esters is 1. The number of rotatable bonds is 1. The molecule has 2 heterocycles. The van der Waals surface area contributed by atoms with Gasteiger partial charge < -0.3 is 15.2 Å². The number of carbonyl (C=O) groups excluding carboxylic acids is 2. The molecular formula is C14H14N2O4. The summed E-state index contributed by atoms with van der Waals surface area (Å²) < 4.78 is 11.3. The van der Waals surface area contributed by atoms with Gasteiger partial charge in [0.2, 0.25) is 0 Å². The molecule has 0 spiro atoms. The smallest absolute Gasteiger partial charge is 0.420 e. The lowest BCUT2D eigenvalue weighted by Crippen LogP contribution is -2.35. The number of nitrogens with zero attached hydrogens (tertiary/aromatic N) is 1. The molecule has 104 valence electrons. The van der Waals surface area contributed by atoms with E-state index in [0.717, 1.165) is 5.39 Å². The van der Waals surface area contributed by atoms with Gasteiger partial charge in [0.25, 0.3) is 0 Å². The van der Waals surface area contributed by atoms with Crippen LogP contribution in [-0.2, 0) is 15.1 Å². The van der Waals surface area contributed by atoms with Crippen LogP contribution in [-0.4, -0.2) is 23.7 Å². The molecule has 1 aromatic carbocycles. The van der Waals surface area contributed by atoms with E-state index < -0.39 is 17.7 Å². The van der Waals surface area contributed by atoms with Crippen molar-refractivity contribution in [1.82, 2.24) is 4.57 Å². The second-order valence-electron chi connectivity index (χ2n) is 5.20. The van der Waals surface area contributed by atoms with Crippen molar-refractivity contribution in [3.05, 3.63) is 29.5 Å². The van der Waals surface area contributed by atoms with Gasteiger partial charge in [-0.2, -0.15) is 0 Å². The fraction of sp³-hybridized carbons (Fsp3) is 0.286. The van der Waals surface area contributed by atoms with Crippen LogP contribution in [0.5, 0.6) is 0 Å². The first-order valence-corrected chi connectivity index (χ1v) is 6.13. The Morgan fingerprint density at radius 1 is 1.40 bits per heavy atom. The molecule has 20 heavy (non-hydrogen) atoms. The van der Waals surface area contributed by atoms with Gasteiger partial charge in [-0.1, -0.05) is 6.07 Å². The second kappa shape index (κ2) is 3.75. The third kappa shape index (κ3) is 1.44. The summed E-state index contributed by atoms with van der Waals surface area (Å²) in [6, 6.07) is 5.11. The number of carbonyl (C=O) groups is 2. The van der Waals surface area contributed by atoms with Crippen molar-refractivity contribution >= 4 is 28.7 Å². The SMILES string of the molecule is COC(=O)c1cc2ccc(N)c3c2n1C(=O)OC3(C)C. The Morgan fingerprint density at radius 3 is 2.75 bits per heavy atom. The maximum absolute atomic E-state index is 12.2. The predicted molar refractivity (Wildman–Crippen MR) is 72.6 cm³/mol. The highest BCUT2D eigenvalue weighted by Gasteiger charge is 2.39. The molecule has 2 N–H and O–H groups in total. The van der Waals surface area contributed by atoms with Gasteiger partial charge in [0.05, 0.1) is 12.6 Å². The van der Waals surface area contributed by atoms with E-state index >= 15 is 0 Å². The number of ether oxygens (including phenoxy) is 2. The van der Waals surface area contributed by atoms with Crippen LogP contribution in [0.25, 0.3) is 10.9 Å². The molecule has 0 fully saturated rings. The zero-order valence-electron chi connectivity index (χ0n) is 11.4. The molecule has 0 radical (unpaired) electrons. The number of nitrogens with two attached hydrogens (primary N) is 1. The maximum atomic E-state index is 12.2. The molecule has 0 saturated carbocycles. The normalized spacial score (nSPS) is 16.1. The van der Waals surface area contributed by atoms with Gasteiger partial charge in [-0.3, -0.25) is 0 Å². The number of nitrogen functional groups attached to an aromatic ring is 1. The van der Waals surface area contributed by atoms with E-state index in [0.29, 0.717) is 16.8 Å². The molecule has 0 atom stereocenters. The van der Waals surface area contributed by atoms with Gasteiger partial charge in [0, 0.05) is 16.6 Å². The number of methoxy groups -OCH3 is 1. The van der Waals surface area contributed by atoms with Crippen molar-refractivity contribution in [2.24, 2.45) is 0 Å². The van der Waals surface area contributed by atoms with E-state index in [2.05, 4.69) is 0 Å². The second-order valence-corrected chi connectivity index (χ2v) is 5.20. The summed E-state index contributed by atoms with van der Waals surface area (Å²) in [5, 5.41) is 0.749. The Bertz CT molecular complexity index is 758. The van der Waals surface area contributed by atoms with Crippen molar-refractivity contribution in [3.63, 3.8) is 0 Å². The lowest BCUT2D eigenvalue weighted by atomic mass is 9.93. The molecule has 0 aliphatic carbocycles. The van der Waals surface area contributed by atoms with Crippen LogP contribution < -0.4 is 5.73 Å². The maximum Gasteiger partial charge on any atom is 0.420 e. The van der Waals surface area contributed by atoms with Gasteiger partial charge in [-0.05, 0) is 26.0 Å². The molecule has 3 rings (SSSR count). The summed E-state index contributed by atoms with van der Waals surface area (Å²) in [4.78, 5) is 24.0. The topological polar surface area (TPSA) is 83.5 Å². The van der Waals surface area contributed by atoms with Crippen LogP contribution in [0, 0.1) is 0 Å². The number of cyclic esters (lactones) is 1. The number of hydrogen-bond donors (Lipinski definition) is 1. The van der Waals surface area contributed by atoms with Crippen LogP contribution in [0.15, 0.2) is 18.2 Å². The minimum Gasteiger partial charge on any atom is -0.464 e. The fourth-order valence-electron chi connectivity index (χ4n) is 2.70. The molecule has 0 amide bonds. The molecule has 0 unspecified atom stereocenters. The van der Waals surface area contributed by atoms with Crippen molar-refractivity contribution in [1.29, 1.82) is 0 Å². The third-order valence-electron chi connectivity index (χ3n) is 3.52. The minimum atomic E-state index is -0.845. The Labute approximate surface area is 115 Å². The molecule has 2 aromatic rings. The van der Waals surface area contributed by atoms with E-state index in [-0.39, 0.29) is 5.69 Å². The van der Waals surface area contributed by atoms with Crippen LogP contribution in [0.2, 0.25) is 0 Å². The van der Waals surface area contributed by atoms with Crippen molar-refractivity contribution < 1.29 is 19.1 Å². The first-order valence-electron chi connectivity index (χ1n) is 6.13. The monoisotopic (exact) mass is 274 g/mol. The highest BCUT2D eigenvalue weighted by molar-refractivity contribution is 6.05. The van der Waals surface area contributed by atoms with Crippen LogP contribution in [0.4, 0.5) is 10.5 Å². The zero-order chi connectivity index (χ0) is 14.7. The largest absolute Gasteiger partial charge is 0.464 e. The molecule has 1 aliphatic rings. The quantitative estimate of drug-likeness (QED) is 0.637. The molecule has 1 aromatic heterocycles. The highest BCUT2D eigenvalue weighted by atomic mass is 16.6. The Kier molecular flexibility index (Phi) is 2.35. The summed E-state index contributed by atoms with van der Waals surface area (Å²) in [6.45, 7) is 3.54. The lowest BCUT2D eigenvalue weighted by Gasteiger charge is -2.32. The van der Waals surface area contributed by atoms with E-state index in [1.807, 2.05) is 0 Å². The third-order valence-corrected chi connectivity index (χ3v) is 3.52. The van der Waals surface area contributed by atoms with Crippen molar-refractivity contribution in [2.45, 2.75) is 19.4 Å². The molecular weight excluding hydrogens is 260 g/mol. The van der Waals surface area contributed by atoms with Crippen molar-refractivity contribution in [3.8, 4) is 0 Å². The predicted octanol–water partition coefficient (Wildman–Crippen LogP) is 2.24. The summed E-state index contributed by atoms with van der Waals surface area (Å²) in [5.74, 6) is -0.595. The molecule has 6 heteroatoms. The standard InChI is InChI=1S/C14H14N2O4/c1-14(2)10-8(15)5-4-7-6-9(12(17)19-3)16(11(7)10)13(18)20-14/h4-6H,15H2,1-3H3. The van der Waals surface area contributed by atoms with Gasteiger partial charge >= 0.3 is 12.1 Å². The Morgan fingerprint density at radius 2 is 2.10 bits per heavy atom. The van der Waals surface area contributed by atoms with E-state index in [9.17, 15) is 9.59 Å². The van der Waals surface area contributed by atoms with Gasteiger partial charge in [0.1, 0.15) is 11.3 Å². The highest BCUT2D eigenvalue weighted by Crippen LogP contribution is 2.41. The molecule has 6 nitrogen and oxygen atoms in total. The van der Waals surface area contributed by atoms with Gasteiger partial charge in [0.15, 0.2) is 0 Å². The summed E-state index contributed by atoms with van der Waals surface area (Å²) in [7, 11) is 1.26. The van der Waals surface area contributed by atoms with Crippen molar-refractivity contribution in [2.75, 3.05) is 12.8 Å². The molecule has 0 saturated heterocycles. The molecule has 0 bridgehead atoms. The Balaban J connectivity index is 2.48. The summed E-state index contributed by atoms with van der Waals surface area (Å²) in [5.41, 5.74) is 7.13. The first-order chi connectivity index (χ1) is 9.36. The number of benzene rings is 1. The summed E-state index contributed by atoms with van der Waals surface area (Å²) in [6.07, 6.45) is -0.608. The van der Waals surface area contributed by atoms with Crippen LogP contribution >= 0.6 is 0 Å². The van der Waals surface area contributed by atoms with Gasteiger partial charge in [-0.25, -0.2) is 14.2 Å². The number of aromatic nitrogens is 1. The average molecular weight is 274 g/mol. The van der Waals surface area contributed by atoms with E-state index in [1.165, 1.54) is 11.7 Å². The average Bonchev–Trinajstić information content (AvgIpc) is 2.75. The zero-order valence-corrected chi connectivity index (χ0v) is 11.4. The first kappa shape index (κ1) is 12.5. The summed E-state index contributed by atoms with van der Waals surface area (Å²) >= 11 is 0. The number of anilines is 1. The van der Waals surface area contributed by atoms with E-state index in [4.69, 9.17) is 15.2 Å².